The standard InChI is InChI=1S/C16H26O3/c1-4-15(17)13(3)16(18)12(2)10-19-11-14-8-6-5-7-9-14/h5-9,12-13,15-18H,4,10-11H2,1-3H3/t12-,13-,15-,16+/m1/s1. The van der Waals surface area contributed by atoms with Crippen LogP contribution in [0.25, 0.3) is 0 Å². The van der Waals surface area contributed by atoms with Crippen molar-refractivity contribution >= 4 is 0 Å². The van der Waals surface area contributed by atoms with Gasteiger partial charge in [0.05, 0.1) is 25.4 Å². The average Bonchev–Trinajstić information content (AvgIpc) is 2.45. The number of benzene rings is 1. The molecule has 0 aliphatic rings. The molecule has 2 N–H and O–H groups in total. The van der Waals surface area contributed by atoms with Crippen molar-refractivity contribution in [3.63, 3.8) is 0 Å². The van der Waals surface area contributed by atoms with Crippen molar-refractivity contribution < 1.29 is 14.9 Å². The zero-order valence-corrected chi connectivity index (χ0v) is 12.1. The molecule has 0 saturated heterocycles. The molecule has 3 heteroatoms. The quantitative estimate of drug-likeness (QED) is 0.760. The van der Waals surface area contributed by atoms with Crippen LogP contribution in [0.2, 0.25) is 0 Å². The zero-order valence-electron chi connectivity index (χ0n) is 12.1. The first-order chi connectivity index (χ1) is 9.06. The smallest absolute Gasteiger partial charge is 0.0717 e. The zero-order chi connectivity index (χ0) is 14.3. The minimum atomic E-state index is -0.536. The van der Waals surface area contributed by atoms with Crippen molar-refractivity contribution in [1.29, 1.82) is 0 Å². The molecule has 3 nitrogen and oxygen atoms in total. The fourth-order valence-electron chi connectivity index (χ4n) is 2.15. The van der Waals surface area contributed by atoms with Crippen LogP contribution in [0.4, 0.5) is 0 Å². The van der Waals surface area contributed by atoms with Crippen molar-refractivity contribution in [3.05, 3.63) is 35.9 Å². The summed E-state index contributed by atoms with van der Waals surface area (Å²) in [7, 11) is 0. The Balaban J connectivity index is 2.32. The Morgan fingerprint density at radius 2 is 1.74 bits per heavy atom. The lowest BCUT2D eigenvalue weighted by atomic mass is 9.89. The normalized spacial score (nSPS) is 17.7. The van der Waals surface area contributed by atoms with Crippen LogP contribution in [-0.2, 0) is 11.3 Å². The second kappa shape index (κ2) is 8.31. The highest BCUT2D eigenvalue weighted by Crippen LogP contribution is 2.19. The summed E-state index contributed by atoms with van der Waals surface area (Å²) in [5.74, 6) is -0.111. The van der Waals surface area contributed by atoms with Gasteiger partial charge in [0.15, 0.2) is 0 Å². The van der Waals surface area contributed by atoms with Gasteiger partial charge in [-0.25, -0.2) is 0 Å². The fourth-order valence-corrected chi connectivity index (χ4v) is 2.15. The van der Waals surface area contributed by atoms with Crippen molar-refractivity contribution in [3.8, 4) is 0 Å². The lowest BCUT2D eigenvalue weighted by molar-refractivity contribution is -0.0350. The molecule has 0 bridgehead atoms. The fraction of sp³-hybridized carbons (Fsp3) is 0.625. The molecule has 1 aromatic rings. The van der Waals surface area contributed by atoms with Crippen LogP contribution in [-0.4, -0.2) is 29.0 Å². The molecule has 0 aromatic heterocycles. The van der Waals surface area contributed by atoms with Gasteiger partial charge in [0.1, 0.15) is 0 Å². The average molecular weight is 266 g/mol. The van der Waals surface area contributed by atoms with E-state index >= 15 is 0 Å². The van der Waals surface area contributed by atoms with Gasteiger partial charge in [-0.05, 0) is 12.0 Å². The number of aliphatic hydroxyl groups excluding tert-OH is 2. The van der Waals surface area contributed by atoms with Crippen LogP contribution >= 0.6 is 0 Å². The van der Waals surface area contributed by atoms with Crippen LogP contribution in [0, 0.1) is 11.8 Å². The largest absolute Gasteiger partial charge is 0.393 e. The Morgan fingerprint density at radius 3 is 2.32 bits per heavy atom. The van der Waals surface area contributed by atoms with Crippen molar-refractivity contribution in [2.45, 2.75) is 46.0 Å². The third kappa shape index (κ3) is 5.31. The van der Waals surface area contributed by atoms with Crippen LogP contribution in [0.5, 0.6) is 0 Å². The Hall–Kier alpha value is -0.900. The topological polar surface area (TPSA) is 49.7 Å². The summed E-state index contributed by atoms with van der Waals surface area (Å²) in [6.07, 6.45) is -0.326. The van der Waals surface area contributed by atoms with E-state index in [9.17, 15) is 10.2 Å². The molecular formula is C16H26O3. The molecule has 0 fully saturated rings. The number of hydrogen-bond donors (Lipinski definition) is 2. The SMILES string of the molecule is CC[C@@H](O)[C@@H](C)[C@@H](O)[C@H](C)COCc1ccccc1. The Bertz CT molecular complexity index is 339. The molecule has 1 aromatic carbocycles. The highest BCUT2D eigenvalue weighted by atomic mass is 16.5. The molecule has 4 atom stereocenters. The molecule has 0 heterocycles. The maximum Gasteiger partial charge on any atom is 0.0717 e. The summed E-state index contributed by atoms with van der Waals surface area (Å²) in [5, 5.41) is 19.9. The first kappa shape index (κ1) is 16.2. The Kier molecular flexibility index (Phi) is 7.06. The Labute approximate surface area is 116 Å². The summed E-state index contributed by atoms with van der Waals surface area (Å²) in [5.41, 5.74) is 1.13. The minimum absolute atomic E-state index is 0.0138. The van der Waals surface area contributed by atoms with E-state index in [1.165, 1.54) is 0 Å². The molecule has 0 saturated carbocycles. The summed E-state index contributed by atoms with van der Waals surface area (Å²) < 4.78 is 5.62. The summed E-state index contributed by atoms with van der Waals surface area (Å²) in [6, 6.07) is 9.98. The van der Waals surface area contributed by atoms with E-state index in [2.05, 4.69) is 0 Å². The van der Waals surface area contributed by atoms with Crippen LogP contribution < -0.4 is 0 Å². The van der Waals surface area contributed by atoms with Gasteiger partial charge >= 0.3 is 0 Å². The van der Waals surface area contributed by atoms with Gasteiger partial charge in [0, 0.05) is 11.8 Å². The van der Waals surface area contributed by atoms with E-state index in [4.69, 9.17) is 4.74 Å². The third-order valence-electron chi connectivity index (χ3n) is 3.64. The first-order valence-electron chi connectivity index (χ1n) is 7.04. The molecule has 0 unspecified atom stereocenters. The second-order valence-corrected chi connectivity index (χ2v) is 5.30. The van der Waals surface area contributed by atoms with Gasteiger partial charge in [0.2, 0.25) is 0 Å². The first-order valence-corrected chi connectivity index (χ1v) is 7.04. The van der Waals surface area contributed by atoms with Gasteiger partial charge in [-0.1, -0.05) is 51.1 Å². The number of rotatable bonds is 8. The van der Waals surface area contributed by atoms with E-state index in [1.807, 2.05) is 51.1 Å². The molecule has 1 rings (SSSR count). The van der Waals surface area contributed by atoms with Crippen LogP contribution in [0.15, 0.2) is 30.3 Å². The molecule has 0 spiro atoms. The van der Waals surface area contributed by atoms with E-state index in [1.54, 1.807) is 0 Å². The van der Waals surface area contributed by atoms with Crippen molar-refractivity contribution in [2.75, 3.05) is 6.61 Å². The van der Waals surface area contributed by atoms with Crippen LogP contribution in [0.1, 0.15) is 32.8 Å². The maximum absolute atomic E-state index is 10.1. The second-order valence-electron chi connectivity index (χ2n) is 5.30. The molecule has 0 aliphatic heterocycles. The van der Waals surface area contributed by atoms with E-state index in [0.29, 0.717) is 19.6 Å². The highest BCUT2D eigenvalue weighted by Gasteiger charge is 2.26. The lowest BCUT2D eigenvalue weighted by Crippen LogP contribution is -2.35. The van der Waals surface area contributed by atoms with Gasteiger partial charge in [-0.3, -0.25) is 0 Å². The monoisotopic (exact) mass is 266 g/mol. The van der Waals surface area contributed by atoms with E-state index in [0.717, 1.165) is 5.56 Å². The number of hydrogen-bond acceptors (Lipinski definition) is 3. The molecule has 108 valence electrons. The van der Waals surface area contributed by atoms with Gasteiger partial charge in [-0.15, -0.1) is 0 Å². The van der Waals surface area contributed by atoms with Crippen molar-refractivity contribution in [1.82, 2.24) is 0 Å². The van der Waals surface area contributed by atoms with Crippen molar-refractivity contribution in [2.24, 2.45) is 11.8 Å². The molecule has 0 aliphatic carbocycles. The van der Waals surface area contributed by atoms with E-state index < -0.39 is 12.2 Å². The van der Waals surface area contributed by atoms with Gasteiger partial charge in [0.25, 0.3) is 0 Å². The minimum Gasteiger partial charge on any atom is -0.393 e. The maximum atomic E-state index is 10.1. The van der Waals surface area contributed by atoms with Gasteiger partial charge < -0.3 is 14.9 Å². The van der Waals surface area contributed by atoms with Crippen LogP contribution in [0.3, 0.4) is 0 Å². The molecular weight excluding hydrogens is 240 g/mol. The Morgan fingerprint density at radius 1 is 1.11 bits per heavy atom. The lowest BCUT2D eigenvalue weighted by Gasteiger charge is -2.27. The molecule has 0 amide bonds. The summed E-state index contributed by atoms with van der Waals surface area (Å²) >= 11 is 0. The summed E-state index contributed by atoms with van der Waals surface area (Å²) in [6.45, 7) is 6.81. The molecule has 0 radical (unpaired) electrons. The summed E-state index contributed by atoms with van der Waals surface area (Å²) in [4.78, 5) is 0. The predicted molar refractivity (Wildman–Crippen MR) is 76.7 cm³/mol. The molecule has 19 heavy (non-hydrogen) atoms. The van der Waals surface area contributed by atoms with Gasteiger partial charge in [-0.2, -0.15) is 0 Å². The van der Waals surface area contributed by atoms with E-state index in [-0.39, 0.29) is 11.8 Å². The third-order valence-corrected chi connectivity index (χ3v) is 3.64. The number of ether oxygens (including phenoxy) is 1. The predicted octanol–water partition coefficient (Wildman–Crippen LogP) is 2.61. The highest BCUT2D eigenvalue weighted by molar-refractivity contribution is 5.13. The number of aliphatic hydroxyl groups is 2.